The van der Waals surface area contributed by atoms with E-state index >= 15 is 0 Å². The number of aromatic amines is 1. The first-order valence-corrected chi connectivity index (χ1v) is 9.07. The van der Waals surface area contributed by atoms with Crippen LogP contribution in [0, 0.1) is 6.92 Å². The molecule has 0 saturated carbocycles. The Morgan fingerprint density at radius 2 is 2.08 bits per heavy atom. The lowest BCUT2D eigenvalue weighted by Crippen LogP contribution is -2.28. The van der Waals surface area contributed by atoms with E-state index in [1.165, 1.54) is 0 Å². The van der Waals surface area contributed by atoms with Crippen molar-refractivity contribution >= 4 is 28.0 Å². The van der Waals surface area contributed by atoms with Gasteiger partial charge in [0.25, 0.3) is 5.56 Å². The predicted octanol–water partition coefficient (Wildman–Crippen LogP) is 2.53. The highest BCUT2D eigenvalue weighted by Gasteiger charge is 2.32. The van der Waals surface area contributed by atoms with E-state index in [1.807, 2.05) is 36.6 Å². The second kappa shape index (κ2) is 6.13. The molecule has 1 aromatic carbocycles. The molecule has 0 aliphatic carbocycles. The number of carbonyl (C=O) groups excluding carboxylic acids is 1. The zero-order valence-electron chi connectivity index (χ0n) is 13.7. The van der Waals surface area contributed by atoms with Crippen LogP contribution in [0.4, 0.5) is 0 Å². The first kappa shape index (κ1) is 16.1. The Kier molecular flexibility index (Phi) is 3.94. The first-order valence-electron chi connectivity index (χ1n) is 8.19. The van der Waals surface area contributed by atoms with Gasteiger partial charge in [-0.25, -0.2) is 0 Å². The van der Waals surface area contributed by atoms with Crippen molar-refractivity contribution < 1.29 is 9.90 Å². The molecule has 1 fully saturated rings. The summed E-state index contributed by atoms with van der Waals surface area (Å²) >= 11 is 1.60. The topological polar surface area (TPSA) is 82.2 Å². The molecule has 6 heteroatoms. The van der Waals surface area contributed by atoms with Crippen LogP contribution >= 0.6 is 11.3 Å². The quantitative estimate of drug-likeness (QED) is 0.676. The van der Waals surface area contributed by atoms with Crippen molar-refractivity contribution in [1.82, 2.24) is 10.3 Å². The molecule has 0 radical (unpaired) electrons. The van der Waals surface area contributed by atoms with Gasteiger partial charge >= 0.3 is 0 Å². The van der Waals surface area contributed by atoms with Gasteiger partial charge in [-0.15, -0.1) is 11.3 Å². The fraction of sp³-hybridized carbons (Fsp3) is 0.263. The molecule has 1 aliphatic rings. The SMILES string of the molecule is Cc1ccsc1-c1cc2ccc([C@H]3CC(CO)NC3=O)cc2c(=O)[nH]1. The van der Waals surface area contributed by atoms with E-state index in [2.05, 4.69) is 10.3 Å². The van der Waals surface area contributed by atoms with Crippen LogP contribution in [0.15, 0.2) is 40.5 Å². The number of aliphatic hydroxyl groups excluding tert-OH is 1. The van der Waals surface area contributed by atoms with Crippen LogP contribution in [0.25, 0.3) is 21.3 Å². The Bertz CT molecular complexity index is 1020. The largest absolute Gasteiger partial charge is 0.394 e. The van der Waals surface area contributed by atoms with Crippen LogP contribution in [-0.2, 0) is 4.79 Å². The molecule has 3 aromatic rings. The molecular weight excluding hydrogens is 336 g/mol. The number of aryl methyl sites for hydroxylation is 1. The zero-order chi connectivity index (χ0) is 17.6. The average Bonchev–Trinajstić information content (AvgIpc) is 3.20. The van der Waals surface area contributed by atoms with Crippen LogP contribution in [0.3, 0.4) is 0 Å². The third-order valence-electron chi connectivity index (χ3n) is 4.78. The molecule has 25 heavy (non-hydrogen) atoms. The van der Waals surface area contributed by atoms with Crippen LogP contribution in [-0.4, -0.2) is 28.6 Å². The van der Waals surface area contributed by atoms with Gasteiger partial charge in [0.1, 0.15) is 0 Å². The van der Waals surface area contributed by atoms with Crippen molar-refractivity contribution in [2.75, 3.05) is 6.61 Å². The minimum atomic E-state index is -0.319. The van der Waals surface area contributed by atoms with Crippen molar-refractivity contribution in [3.63, 3.8) is 0 Å². The maximum Gasteiger partial charge on any atom is 0.256 e. The van der Waals surface area contributed by atoms with Gasteiger partial charge in [-0.3, -0.25) is 9.59 Å². The average molecular weight is 354 g/mol. The minimum absolute atomic E-state index is 0.0695. The number of nitrogens with one attached hydrogen (secondary N) is 2. The molecule has 1 saturated heterocycles. The lowest BCUT2D eigenvalue weighted by atomic mass is 9.94. The van der Waals surface area contributed by atoms with Gasteiger partial charge in [-0.05, 0) is 53.4 Å². The molecule has 3 N–H and O–H groups in total. The fourth-order valence-electron chi connectivity index (χ4n) is 3.43. The molecule has 5 nitrogen and oxygen atoms in total. The van der Waals surface area contributed by atoms with E-state index in [0.717, 1.165) is 27.1 Å². The van der Waals surface area contributed by atoms with Crippen LogP contribution < -0.4 is 10.9 Å². The van der Waals surface area contributed by atoms with Crippen molar-refractivity contribution in [2.45, 2.75) is 25.3 Å². The Hall–Kier alpha value is -2.44. The molecule has 1 aliphatic heterocycles. The summed E-state index contributed by atoms with van der Waals surface area (Å²) in [6.45, 7) is 1.95. The highest BCUT2D eigenvalue weighted by atomic mass is 32.1. The standard InChI is InChI=1S/C19H18N2O3S/c1-10-4-5-25-17(10)16-7-12-3-2-11(6-14(12)19(24)21-16)15-8-13(9-22)20-18(15)23/h2-7,13,15,22H,8-9H2,1H3,(H,20,23)(H,21,24)/t13?,15-/m1/s1. The van der Waals surface area contributed by atoms with Crippen molar-refractivity contribution in [3.05, 3.63) is 57.2 Å². The third kappa shape index (κ3) is 2.77. The number of hydrogen-bond acceptors (Lipinski definition) is 4. The number of amides is 1. The van der Waals surface area contributed by atoms with E-state index in [-0.39, 0.29) is 30.0 Å². The number of H-pyrrole nitrogens is 1. The summed E-state index contributed by atoms with van der Waals surface area (Å²) in [5, 5.41) is 15.5. The highest BCUT2D eigenvalue weighted by molar-refractivity contribution is 7.13. The number of benzene rings is 1. The number of aliphatic hydroxyl groups is 1. The van der Waals surface area contributed by atoms with Crippen LogP contribution in [0.5, 0.6) is 0 Å². The van der Waals surface area contributed by atoms with Gasteiger partial charge in [0.2, 0.25) is 5.91 Å². The summed E-state index contributed by atoms with van der Waals surface area (Å²) in [5.41, 5.74) is 2.61. The maximum atomic E-state index is 12.6. The van der Waals surface area contributed by atoms with Gasteiger partial charge in [-0.1, -0.05) is 12.1 Å². The second-order valence-electron chi connectivity index (χ2n) is 6.47. The summed E-state index contributed by atoms with van der Waals surface area (Å²) in [4.78, 5) is 28.7. The lowest BCUT2D eigenvalue weighted by Gasteiger charge is -2.10. The fourth-order valence-corrected chi connectivity index (χ4v) is 4.32. The van der Waals surface area contributed by atoms with Gasteiger partial charge in [0.15, 0.2) is 0 Å². The number of carbonyl (C=O) groups is 1. The van der Waals surface area contributed by atoms with Crippen LogP contribution in [0.1, 0.15) is 23.5 Å². The molecule has 3 heterocycles. The number of thiophene rings is 1. The first-order chi connectivity index (χ1) is 12.1. The summed E-state index contributed by atoms with van der Waals surface area (Å²) in [6.07, 6.45) is 0.547. The molecule has 0 spiro atoms. The number of hydrogen-bond donors (Lipinski definition) is 3. The van der Waals surface area contributed by atoms with E-state index in [1.54, 1.807) is 17.4 Å². The molecule has 2 atom stereocenters. The van der Waals surface area contributed by atoms with Gasteiger partial charge in [0, 0.05) is 5.39 Å². The molecule has 2 aromatic heterocycles. The van der Waals surface area contributed by atoms with Crippen molar-refractivity contribution in [3.8, 4) is 10.6 Å². The van der Waals surface area contributed by atoms with Gasteiger partial charge in [0.05, 0.1) is 29.1 Å². The van der Waals surface area contributed by atoms with E-state index in [4.69, 9.17) is 0 Å². The Balaban J connectivity index is 1.77. The summed E-state index contributed by atoms with van der Waals surface area (Å²) in [5.74, 6) is -0.416. The minimum Gasteiger partial charge on any atom is -0.394 e. The Labute approximate surface area is 148 Å². The second-order valence-corrected chi connectivity index (χ2v) is 7.38. The monoisotopic (exact) mass is 354 g/mol. The number of rotatable bonds is 3. The lowest BCUT2D eigenvalue weighted by molar-refractivity contribution is -0.120. The molecule has 4 rings (SSSR count). The molecular formula is C19H18N2O3S. The maximum absolute atomic E-state index is 12.6. The molecule has 1 amide bonds. The molecule has 0 bridgehead atoms. The van der Waals surface area contributed by atoms with Crippen molar-refractivity contribution in [1.29, 1.82) is 0 Å². The molecule has 1 unspecified atom stereocenters. The predicted molar refractivity (Wildman–Crippen MR) is 99.0 cm³/mol. The van der Waals surface area contributed by atoms with E-state index < -0.39 is 0 Å². The summed E-state index contributed by atoms with van der Waals surface area (Å²) < 4.78 is 0. The molecule has 128 valence electrons. The summed E-state index contributed by atoms with van der Waals surface area (Å²) in [6, 6.07) is 9.38. The van der Waals surface area contributed by atoms with Crippen LogP contribution in [0.2, 0.25) is 0 Å². The van der Waals surface area contributed by atoms with Crippen molar-refractivity contribution in [2.24, 2.45) is 0 Å². The normalized spacial score (nSPS) is 20.2. The highest BCUT2D eigenvalue weighted by Crippen LogP contribution is 2.31. The van der Waals surface area contributed by atoms with Gasteiger partial charge in [-0.2, -0.15) is 0 Å². The Morgan fingerprint density at radius 3 is 2.76 bits per heavy atom. The number of pyridine rings is 1. The zero-order valence-corrected chi connectivity index (χ0v) is 14.5. The van der Waals surface area contributed by atoms with Gasteiger partial charge < -0.3 is 15.4 Å². The van der Waals surface area contributed by atoms with E-state index in [9.17, 15) is 14.7 Å². The smallest absolute Gasteiger partial charge is 0.256 e. The third-order valence-corrected chi connectivity index (χ3v) is 5.83. The number of fused-ring (bicyclic) bond motifs is 1. The number of aromatic nitrogens is 1. The Morgan fingerprint density at radius 1 is 1.24 bits per heavy atom. The summed E-state index contributed by atoms with van der Waals surface area (Å²) in [7, 11) is 0. The van der Waals surface area contributed by atoms with E-state index in [0.29, 0.717) is 11.8 Å².